The molecule has 0 radical (unpaired) electrons. The molecule has 0 aliphatic carbocycles. The topological polar surface area (TPSA) is 0 Å². The molecule has 0 aliphatic heterocycles. The lowest BCUT2D eigenvalue weighted by Crippen LogP contribution is -2.09. The summed E-state index contributed by atoms with van der Waals surface area (Å²) in [5.41, 5.74) is 2.21. The minimum absolute atomic E-state index is 0.185. The quantitative estimate of drug-likeness (QED) is 0.246. The van der Waals surface area contributed by atoms with Crippen molar-refractivity contribution < 1.29 is 8.78 Å². The first-order valence-electron chi connectivity index (χ1n) is 9.60. The summed E-state index contributed by atoms with van der Waals surface area (Å²) in [4.78, 5) is 0. The van der Waals surface area contributed by atoms with E-state index < -0.39 is 0 Å². The number of hydrogen-bond donors (Lipinski definition) is 0. The second-order valence-electron chi connectivity index (χ2n) is 7.34. The van der Waals surface area contributed by atoms with Gasteiger partial charge < -0.3 is 0 Å². The van der Waals surface area contributed by atoms with Crippen molar-refractivity contribution in [3.05, 3.63) is 71.3 Å². The van der Waals surface area contributed by atoms with Gasteiger partial charge in [0.15, 0.2) is 0 Å². The van der Waals surface area contributed by atoms with Crippen LogP contribution in [0.25, 0.3) is 0 Å². The molecule has 0 fully saturated rings. The molecule has 0 heterocycles. The van der Waals surface area contributed by atoms with Crippen LogP contribution in [0.5, 0.6) is 0 Å². The highest BCUT2D eigenvalue weighted by Gasteiger charge is 2.18. The smallest absolute Gasteiger partial charge is 0.123 e. The van der Waals surface area contributed by atoms with E-state index in [0.717, 1.165) is 34.3 Å². The first-order chi connectivity index (χ1) is 12.5. The summed E-state index contributed by atoms with van der Waals surface area (Å²) in [5, 5.41) is 0. The average molecular weight is 470 g/mol. The Bertz CT molecular complexity index is 591. The van der Waals surface area contributed by atoms with Crippen LogP contribution >= 0.6 is 22.6 Å². The summed E-state index contributed by atoms with van der Waals surface area (Å²) in [6.45, 7) is 4.58. The Balaban J connectivity index is 2.10. The summed E-state index contributed by atoms with van der Waals surface area (Å²) in [5.74, 6) is 1.24. The number of rotatable bonds is 10. The fraction of sp³-hybridized carbons (Fsp3) is 0.478. The Morgan fingerprint density at radius 1 is 0.769 bits per heavy atom. The second kappa shape index (κ2) is 11.0. The highest BCUT2D eigenvalue weighted by Crippen LogP contribution is 2.32. The molecule has 0 spiro atoms. The third-order valence-electron chi connectivity index (χ3n) is 5.39. The van der Waals surface area contributed by atoms with Gasteiger partial charge in [0.05, 0.1) is 0 Å². The minimum Gasteiger partial charge on any atom is -0.207 e. The Labute approximate surface area is 170 Å². The van der Waals surface area contributed by atoms with Gasteiger partial charge in [-0.1, -0.05) is 73.5 Å². The predicted octanol–water partition coefficient (Wildman–Crippen LogP) is 7.75. The van der Waals surface area contributed by atoms with E-state index in [1.807, 2.05) is 24.3 Å². The van der Waals surface area contributed by atoms with Crippen LogP contribution in [0, 0.1) is 23.5 Å². The highest BCUT2D eigenvalue weighted by molar-refractivity contribution is 14.1. The SMILES string of the molecule is CCC(C)CCC(CI)CCC(c1ccc(F)cc1)c1ccc(F)cc1. The van der Waals surface area contributed by atoms with E-state index in [9.17, 15) is 8.78 Å². The number of benzene rings is 2. The zero-order chi connectivity index (χ0) is 18.9. The number of halogens is 3. The maximum absolute atomic E-state index is 13.3. The molecule has 0 nitrogen and oxygen atoms in total. The Kier molecular flexibility index (Phi) is 9.03. The van der Waals surface area contributed by atoms with E-state index in [4.69, 9.17) is 0 Å². The standard InChI is InChI=1S/C23H29F2I/c1-3-17(2)4-5-18(16-26)6-15-23(19-7-11-21(24)12-8-19)20-9-13-22(25)14-10-20/h7-14,17-18,23H,3-6,15-16H2,1-2H3. The lowest BCUT2D eigenvalue weighted by molar-refractivity contribution is 0.401. The molecule has 0 saturated carbocycles. The summed E-state index contributed by atoms with van der Waals surface area (Å²) in [6, 6.07) is 13.5. The summed E-state index contributed by atoms with van der Waals surface area (Å²) >= 11 is 2.49. The van der Waals surface area contributed by atoms with E-state index in [1.165, 1.54) is 43.5 Å². The van der Waals surface area contributed by atoms with Crippen LogP contribution in [-0.4, -0.2) is 4.43 Å². The van der Waals surface area contributed by atoms with Crippen molar-refractivity contribution in [3.8, 4) is 0 Å². The largest absolute Gasteiger partial charge is 0.207 e. The van der Waals surface area contributed by atoms with Crippen LogP contribution in [0.15, 0.2) is 48.5 Å². The Hall–Kier alpha value is -0.970. The summed E-state index contributed by atoms with van der Waals surface area (Å²) in [6.07, 6.45) is 5.92. The van der Waals surface area contributed by atoms with Crippen molar-refractivity contribution in [1.82, 2.24) is 0 Å². The molecule has 142 valence electrons. The molecule has 2 rings (SSSR count). The molecule has 2 unspecified atom stereocenters. The molecule has 0 bridgehead atoms. The molecule has 26 heavy (non-hydrogen) atoms. The average Bonchev–Trinajstić information content (AvgIpc) is 2.66. The monoisotopic (exact) mass is 470 g/mol. The van der Waals surface area contributed by atoms with Gasteiger partial charge in [-0.05, 0) is 66.5 Å². The molecule has 2 aromatic rings. The Morgan fingerprint density at radius 2 is 1.23 bits per heavy atom. The molecule has 3 heteroatoms. The van der Waals surface area contributed by atoms with Crippen molar-refractivity contribution in [1.29, 1.82) is 0 Å². The van der Waals surface area contributed by atoms with E-state index in [1.54, 1.807) is 0 Å². The first kappa shape index (κ1) is 21.3. The molecular formula is C23H29F2I. The third kappa shape index (κ3) is 6.64. The fourth-order valence-corrected chi connectivity index (χ4v) is 4.22. The van der Waals surface area contributed by atoms with E-state index in [2.05, 4.69) is 36.4 Å². The highest BCUT2D eigenvalue weighted by atomic mass is 127. The molecular weight excluding hydrogens is 441 g/mol. The van der Waals surface area contributed by atoms with Gasteiger partial charge in [0.1, 0.15) is 11.6 Å². The normalized spacial score (nSPS) is 13.8. The molecule has 0 amide bonds. The minimum atomic E-state index is -0.217. The third-order valence-corrected chi connectivity index (χ3v) is 6.64. The van der Waals surface area contributed by atoms with E-state index >= 15 is 0 Å². The van der Waals surface area contributed by atoms with Crippen molar-refractivity contribution in [3.63, 3.8) is 0 Å². The van der Waals surface area contributed by atoms with Gasteiger partial charge in [-0.25, -0.2) is 8.78 Å². The van der Waals surface area contributed by atoms with Crippen LogP contribution < -0.4 is 0 Å². The fourth-order valence-electron chi connectivity index (χ4n) is 3.34. The van der Waals surface area contributed by atoms with Crippen LogP contribution in [-0.2, 0) is 0 Å². The molecule has 0 aliphatic rings. The van der Waals surface area contributed by atoms with Gasteiger partial charge in [-0.3, -0.25) is 0 Å². The van der Waals surface area contributed by atoms with E-state index in [-0.39, 0.29) is 17.6 Å². The number of hydrogen-bond acceptors (Lipinski definition) is 0. The van der Waals surface area contributed by atoms with Crippen LogP contribution in [0.4, 0.5) is 8.78 Å². The lowest BCUT2D eigenvalue weighted by atomic mass is 9.84. The van der Waals surface area contributed by atoms with Crippen LogP contribution in [0.1, 0.15) is 63.0 Å². The maximum atomic E-state index is 13.3. The predicted molar refractivity (Wildman–Crippen MR) is 115 cm³/mol. The van der Waals surface area contributed by atoms with Gasteiger partial charge >= 0.3 is 0 Å². The Morgan fingerprint density at radius 3 is 1.65 bits per heavy atom. The lowest BCUT2D eigenvalue weighted by Gasteiger charge is -2.22. The zero-order valence-electron chi connectivity index (χ0n) is 15.7. The molecule has 0 N–H and O–H groups in total. The molecule has 2 atom stereocenters. The van der Waals surface area contributed by atoms with Crippen molar-refractivity contribution in [2.45, 2.75) is 51.9 Å². The van der Waals surface area contributed by atoms with E-state index in [0.29, 0.717) is 5.92 Å². The van der Waals surface area contributed by atoms with Gasteiger partial charge in [0.2, 0.25) is 0 Å². The summed E-state index contributed by atoms with van der Waals surface area (Å²) < 4.78 is 27.8. The summed E-state index contributed by atoms with van der Waals surface area (Å²) in [7, 11) is 0. The van der Waals surface area contributed by atoms with Crippen molar-refractivity contribution >= 4 is 22.6 Å². The molecule has 0 aromatic heterocycles. The molecule has 0 saturated heterocycles. The second-order valence-corrected chi connectivity index (χ2v) is 8.22. The van der Waals surface area contributed by atoms with Crippen molar-refractivity contribution in [2.75, 3.05) is 4.43 Å². The molecule has 2 aromatic carbocycles. The van der Waals surface area contributed by atoms with Crippen molar-refractivity contribution in [2.24, 2.45) is 11.8 Å². The van der Waals surface area contributed by atoms with Gasteiger partial charge in [-0.15, -0.1) is 0 Å². The zero-order valence-corrected chi connectivity index (χ0v) is 17.9. The van der Waals surface area contributed by atoms with Gasteiger partial charge in [-0.2, -0.15) is 0 Å². The first-order valence-corrected chi connectivity index (χ1v) is 11.1. The van der Waals surface area contributed by atoms with Gasteiger partial charge in [0.25, 0.3) is 0 Å². The maximum Gasteiger partial charge on any atom is 0.123 e. The van der Waals surface area contributed by atoms with Gasteiger partial charge in [0, 0.05) is 10.3 Å². The number of alkyl halides is 1. The van der Waals surface area contributed by atoms with Crippen LogP contribution in [0.2, 0.25) is 0 Å². The van der Waals surface area contributed by atoms with Crippen LogP contribution in [0.3, 0.4) is 0 Å².